The number of fused-ring (bicyclic) bond motifs is 1. The van der Waals surface area contributed by atoms with Gasteiger partial charge in [0.2, 0.25) is 0 Å². The van der Waals surface area contributed by atoms with E-state index in [2.05, 4.69) is 18.3 Å². The molecule has 0 bridgehead atoms. The van der Waals surface area contributed by atoms with Gasteiger partial charge in [0, 0.05) is 9.75 Å². The molecule has 0 saturated heterocycles. The van der Waals surface area contributed by atoms with Crippen molar-refractivity contribution in [2.24, 2.45) is 0 Å². The van der Waals surface area contributed by atoms with E-state index in [-0.39, 0.29) is 11.9 Å². The zero-order valence-corrected chi connectivity index (χ0v) is 13.5. The summed E-state index contributed by atoms with van der Waals surface area (Å²) in [7, 11) is 0. The molecular formula is C18H22FNS. The molecule has 3 rings (SSSR count). The van der Waals surface area contributed by atoms with Gasteiger partial charge in [-0.15, -0.1) is 11.3 Å². The van der Waals surface area contributed by atoms with Gasteiger partial charge >= 0.3 is 0 Å². The lowest BCUT2D eigenvalue weighted by atomic mass is 9.97. The molecule has 112 valence electrons. The second-order valence-corrected chi connectivity index (χ2v) is 6.97. The second kappa shape index (κ2) is 6.29. The van der Waals surface area contributed by atoms with E-state index in [0.29, 0.717) is 5.56 Å². The number of thiophene rings is 1. The predicted molar refractivity (Wildman–Crippen MR) is 87.6 cm³/mol. The highest BCUT2D eigenvalue weighted by molar-refractivity contribution is 7.12. The van der Waals surface area contributed by atoms with E-state index in [1.54, 1.807) is 6.07 Å². The summed E-state index contributed by atoms with van der Waals surface area (Å²) in [5.41, 5.74) is 3.25. The molecule has 3 heteroatoms. The van der Waals surface area contributed by atoms with Gasteiger partial charge in [-0.05, 0) is 68.0 Å². The van der Waals surface area contributed by atoms with Crippen molar-refractivity contribution in [2.45, 2.75) is 45.6 Å². The lowest BCUT2D eigenvalue weighted by Crippen LogP contribution is -2.21. The average molecular weight is 303 g/mol. The molecule has 0 aliphatic heterocycles. The number of aryl methyl sites for hydroxylation is 3. The monoisotopic (exact) mass is 303 g/mol. The number of benzene rings is 1. The predicted octanol–water partition coefficient (Wildman–Crippen LogP) is 4.77. The van der Waals surface area contributed by atoms with Crippen molar-refractivity contribution in [3.05, 3.63) is 56.5 Å². The summed E-state index contributed by atoms with van der Waals surface area (Å²) in [5.74, 6) is -0.114. The van der Waals surface area contributed by atoms with Gasteiger partial charge in [-0.1, -0.05) is 19.1 Å². The van der Waals surface area contributed by atoms with E-state index in [1.807, 2.05) is 30.4 Å². The molecule has 2 aromatic rings. The van der Waals surface area contributed by atoms with Crippen LogP contribution in [-0.4, -0.2) is 6.54 Å². The normalized spacial score (nSPS) is 15.8. The minimum atomic E-state index is -0.114. The van der Waals surface area contributed by atoms with Gasteiger partial charge < -0.3 is 5.32 Å². The summed E-state index contributed by atoms with van der Waals surface area (Å²) < 4.78 is 13.9. The Hall–Kier alpha value is -1.19. The van der Waals surface area contributed by atoms with Gasteiger partial charge in [0.1, 0.15) is 5.82 Å². The van der Waals surface area contributed by atoms with Crippen LogP contribution in [0, 0.1) is 12.7 Å². The third kappa shape index (κ3) is 3.04. The van der Waals surface area contributed by atoms with Crippen molar-refractivity contribution in [3.8, 4) is 0 Å². The van der Waals surface area contributed by atoms with Gasteiger partial charge in [0.05, 0.1) is 6.04 Å². The van der Waals surface area contributed by atoms with Crippen LogP contribution in [0.15, 0.2) is 24.3 Å². The molecule has 1 aromatic heterocycles. The Balaban J connectivity index is 1.96. The molecule has 0 amide bonds. The van der Waals surface area contributed by atoms with Crippen LogP contribution in [0.2, 0.25) is 0 Å². The van der Waals surface area contributed by atoms with E-state index in [9.17, 15) is 4.39 Å². The SMILES string of the molecule is CCNC(c1ccc(C)c(F)c1)c1cc2c(s1)CCCC2. The molecule has 1 N–H and O–H groups in total. The first-order valence-corrected chi connectivity index (χ1v) is 8.61. The quantitative estimate of drug-likeness (QED) is 0.857. The van der Waals surface area contributed by atoms with Crippen LogP contribution in [0.1, 0.15) is 52.3 Å². The van der Waals surface area contributed by atoms with Crippen molar-refractivity contribution in [1.29, 1.82) is 0 Å². The molecule has 0 spiro atoms. The fraction of sp³-hybridized carbons (Fsp3) is 0.444. The Bertz CT molecular complexity index is 609. The molecule has 0 fully saturated rings. The highest BCUT2D eigenvalue weighted by atomic mass is 32.1. The Labute approximate surface area is 130 Å². The fourth-order valence-corrected chi connectivity index (χ4v) is 4.39. The standard InChI is InChI=1S/C18H22FNS/c1-3-20-18(14-9-8-12(2)15(19)10-14)17-11-13-6-4-5-7-16(13)21-17/h8-11,18,20H,3-7H2,1-2H3. The van der Waals surface area contributed by atoms with Crippen LogP contribution < -0.4 is 5.32 Å². The van der Waals surface area contributed by atoms with Crippen molar-refractivity contribution in [1.82, 2.24) is 5.32 Å². The van der Waals surface area contributed by atoms with Crippen molar-refractivity contribution < 1.29 is 4.39 Å². The molecule has 1 aromatic carbocycles. The molecule has 1 aliphatic rings. The molecule has 1 nitrogen and oxygen atoms in total. The molecule has 1 aliphatic carbocycles. The number of hydrogen-bond donors (Lipinski definition) is 1. The van der Waals surface area contributed by atoms with Crippen LogP contribution in [0.25, 0.3) is 0 Å². The molecule has 0 radical (unpaired) electrons. The number of hydrogen-bond acceptors (Lipinski definition) is 2. The Morgan fingerprint density at radius 1 is 1.24 bits per heavy atom. The first-order valence-electron chi connectivity index (χ1n) is 7.80. The Morgan fingerprint density at radius 3 is 2.76 bits per heavy atom. The summed E-state index contributed by atoms with van der Waals surface area (Å²) in [5, 5.41) is 3.51. The maximum Gasteiger partial charge on any atom is 0.126 e. The van der Waals surface area contributed by atoms with Gasteiger partial charge in [0.15, 0.2) is 0 Å². The summed E-state index contributed by atoms with van der Waals surface area (Å²) >= 11 is 1.90. The highest BCUT2D eigenvalue weighted by Crippen LogP contribution is 2.35. The fourth-order valence-electron chi connectivity index (χ4n) is 3.03. The Morgan fingerprint density at radius 2 is 2.05 bits per heavy atom. The highest BCUT2D eigenvalue weighted by Gasteiger charge is 2.20. The van der Waals surface area contributed by atoms with Crippen molar-refractivity contribution in [2.75, 3.05) is 6.54 Å². The molecule has 1 unspecified atom stereocenters. The van der Waals surface area contributed by atoms with Crippen LogP contribution in [0.3, 0.4) is 0 Å². The topological polar surface area (TPSA) is 12.0 Å². The molecule has 0 saturated carbocycles. The zero-order chi connectivity index (χ0) is 14.8. The van der Waals surface area contributed by atoms with Crippen LogP contribution in [-0.2, 0) is 12.8 Å². The van der Waals surface area contributed by atoms with Gasteiger partial charge in [-0.2, -0.15) is 0 Å². The Kier molecular flexibility index (Phi) is 4.41. The lowest BCUT2D eigenvalue weighted by Gasteiger charge is -2.17. The van der Waals surface area contributed by atoms with E-state index in [4.69, 9.17) is 0 Å². The van der Waals surface area contributed by atoms with E-state index in [1.165, 1.54) is 41.0 Å². The summed E-state index contributed by atoms with van der Waals surface area (Å²) in [6, 6.07) is 8.05. The van der Waals surface area contributed by atoms with E-state index >= 15 is 0 Å². The maximum absolute atomic E-state index is 13.9. The number of rotatable bonds is 4. The van der Waals surface area contributed by atoms with Gasteiger partial charge in [-0.25, -0.2) is 4.39 Å². The van der Waals surface area contributed by atoms with Gasteiger partial charge in [-0.3, -0.25) is 0 Å². The lowest BCUT2D eigenvalue weighted by molar-refractivity contribution is 0.600. The minimum absolute atomic E-state index is 0.112. The smallest absolute Gasteiger partial charge is 0.126 e. The zero-order valence-electron chi connectivity index (χ0n) is 12.7. The minimum Gasteiger partial charge on any atom is -0.306 e. The van der Waals surface area contributed by atoms with E-state index in [0.717, 1.165) is 12.1 Å². The first kappa shape index (κ1) is 14.7. The second-order valence-electron chi connectivity index (χ2n) is 5.80. The summed E-state index contributed by atoms with van der Waals surface area (Å²) in [6.07, 6.45) is 5.01. The maximum atomic E-state index is 13.9. The molecule has 1 heterocycles. The summed E-state index contributed by atoms with van der Waals surface area (Å²) in [6.45, 7) is 4.79. The van der Waals surface area contributed by atoms with Crippen molar-refractivity contribution in [3.63, 3.8) is 0 Å². The summed E-state index contributed by atoms with van der Waals surface area (Å²) in [4.78, 5) is 2.86. The molecule has 21 heavy (non-hydrogen) atoms. The third-order valence-corrected chi connectivity index (χ3v) is 5.54. The third-order valence-electron chi connectivity index (χ3n) is 4.24. The van der Waals surface area contributed by atoms with Crippen LogP contribution in [0.4, 0.5) is 4.39 Å². The molecular weight excluding hydrogens is 281 g/mol. The first-order chi connectivity index (χ1) is 10.2. The van der Waals surface area contributed by atoms with Crippen LogP contribution >= 0.6 is 11.3 Å². The van der Waals surface area contributed by atoms with Gasteiger partial charge in [0.25, 0.3) is 0 Å². The van der Waals surface area contributed by atoms with E-state index < -0.39 is 0 Å². The van der Waals surface area contributed by atoms with Crippen molar-refractivity contribution >= 4 is 11.3 Å². The molecule has 1 atom stereocenters. The number of halogens is 1. The average Bonchev–Trinajstić information content (AvgIpc) is 2.91. The number of nitrogens with one attached hydrogen (secondary N) is 1. The van der Waals surface area contributed by atoms with Crippen LogP contribution in [0.5, 0.6) is 0 Å². The largest absolute Gasteiger partial charge is 0.306 e.